The van der Waals surface area contributed by atoms with E-state index in [9.17, 15) is 0 Å². The number of aromatic amines is 1. The molecule has 4 heteroatoms. The number of piperidine rings is 1. The lowest BCUT2D eigenvalue weighted by atomic mass is 9.91. The van der Waals surface area contributed by atoms with Crippen LogP contribution in [0.3, 0.4) is 0 Å². The molecule has 0 saturated carbocycles. The first-order valence-corrected chi connectivity index (χ1v) is 8.58. The molecule has 1 unspecified atom stereocenters. The van der Waals surface area contributed by atoms with Crippen molar-refractivity contribution in [2.24, 2.45) is 5.92 Å². The van der Waals surface area contributed by atoms with Crippen LogP contribution in [0.15, 0.2) is 30.6 Å². The molecule has 0 aliphatic carbocycles. The number of benzene rings is 1. The van der Waals surface area contributed by atoms with E-state index in [2.05, 4.69) is 40.0 Å². The quantitative estimate of drug-likeness (QED) is 0.886. The Morgan fingerprint density at radius 3 is 3.09 bits per heavy atom. The zero-order chi connectivity index (χ0) is 16.1. The first-order valence-electron chi connectivity index (χ1n) is 8.58. The number of methoxy groups -OCH3 is 1. The molecular weight excluding hydrogens is 286 g/mol. The van der Waals surface area contributed by atoms with Crippen molar-refractivity contribution < 1.29 is 4.74 Å². The third-order valence-corrected chi connectivity index (χ3v) is 4.89. The molecule has 2 heterocycles. The second kappa shape index (κ2) is 7.64. The number of nitrogens with zero attached hydrogens (tertiary/aromatic N) is 2. The Labute approximate surface area is 138 Å². The van der Waals surface area contributed by atoms with Crippen molar-refractivity contribution in [3.63, 3.8) is 0 Å². The van der Waals surface area contributed by atoms with Crippen LogP contribution in [-0.4, -0.2) is 35.1 Å². The Kier molecular flexibility index (Phi) is 5.34. The number of ether oxygens (including phenoxy) is 1. The van der Waals surface area contributed by atoms with E-state index in [1.165, 1.54) is 49.3 Å². The maximum atomic E-state index is 5.32. The van der Waals surface area contributed by atoms with Crippen LogP contribution in [0.5, 0.6) is 5.75 Å². The Morgan fingerprint density at radius 1 is 1.39 bits per heavy atom. The van der Waals surface area contributed by atoms with Gasteiger partial charge in [0.05, 0.1) is 19.1 Å². The van der Waals surface area contributed by atoms with Crippen molar-refractivity contribution in [1.82, 2.24) is 14.9 Å². The molecule has 23 heavy (non-hydrogen) atoms. The lowest BCUT2D eigenvalue weighted by molar-refractivity contribution is 0.160. The normalized spacial score (nSPS) is 19.0. The van der Waals surface area contributed by atoms with Gasteiger partial charge in [0, 0.05) is 18.8 Å². The maximum absolute atomic E-state index is 5.32. The average Bonchev–Trinajstić information content (AvgIpc) is 2.98. The van der Waals surface area contributed by atoms with E-state index in [-0.39, 0.29) is 0 Å². The third kappa shape index (κ3) is 4.35. The number of imidazole rings is 1. The van der Waals surface area contributed by atoms with Crippen LogP contribution < -0.4 is 4.74 Å². The third-order valence-electron chi connectivity index (χ3n) is 4.89. The van der Waals surface area contributed by atoms with Gasteiger partial charge in [0.2, 0.25) is 0 Å². The molecule has 3 rings (SSSR count). The highest BCUT2D eigenvalue weighted by Crippen LogP contribution is 2.24. The van der Waals surface area contributed by atoms with E-state index in [1.54, 1.807) is 13.4 Å². The smallest absolute Gasteiger partial charge is 0.119 e. The topological polar surface area (TPSA) is 41.1 Å². The van der Waals surface area contributed by atoms with Gasteiger partial charge in [0.25, 0.3) is 0 Å². The first kappa shape index (κ1) is 16.1. The molecule has 2 aromatic rings. The van der Waals surface area contributed by atoms with E-state index >= 15 is 0 Å². The summed E-state index contributed by atoms with van der Waals surface area (Å²) < 4.78 is 5.32. The first-order chi connectivity index (χ1) is 11.2. The van der Waals surface area contributed by atoms with E-state index in [0.29, 0.717) is 0 Å². The van der Waals surface area contributed by atoms with E-state index < -0.39 is 0 Å². The van der Waals surface area contributed by atoms with Gasteiger partial charge in [-0.15, -0.1) is 0 Å². The lowest BCUT2D eigenvalue weighted by Gasteiger charge is -2.32. The van der Waals surface area contributed by atoms with Gasteiger partial charge in [-0.25, -0.2) is 4.98 Å². The Bertz CT molecular complexity index is 623. The highest BCUT2D eigenvalue weighted by molar-refractivity contribution is 5.28. The van der Waals surface area contributed by atoms with Gasteiger partial charge in [-0.1, -0.05) is 12.1 Å². The molecule has 1 aromatic heterocycles. The van der Waals surface area contributed by atoms with Crippen LogP contribution in [0.4, 0.5) is 0 Å². The predicted octanol–water partition coefficient (Wildman–Crippen LogP) is 3.57. The zero-order valence-corrected chi connectivity index (χ0v) is 14.2. The molecule has 0 spiro atoms. The number of aryl methyl sites for hydroxylation is 2. The molecule has 1 fully saturated rings. The molecule has 0 amide bonds. The van der Waals surface area contributed by atoms with Gasteiger partial charge in [-0.3, -0.25) is 4.90 Å². The zero-order valence-electron chi connectivity index (χ0n) is 14.2. The fourth-order valence-corrected chi connectivity index (χ4v) is 3.49. The van der Waals surface area contributed by atoms with Crippen molar-refractivity contribution in [1.29, 1.82) is 0 Å². The van der Waals surface area contributed by atoms with Crippen molar-refractivity contribution >= 4 is 0 Å². The van der Waals surface area contributed by atoms with Crippen LogP contribution in [0.25, 0.3) is 0 Å². The summed E-state index contributed by atoms with van der Waals surface area (Å²) >= 11 is 0. The van der Waals surface area contributed by atoms with Crippen LogP contribution in [0.1, 0.15) is 36.2 Å². The molecule has 0 radical (unpaired) electrons. The molecule has 4 nitrogen and oxygen atoms in total. The summed E-state index contributed by atoms with van der Waals surface area (Å²) in [4.78, 5) is 10.2. The Balaban J connectivity index is 1.51. The molecule has 0 bridgehead atoms. The number of hydrogen-bond donors (Lipinski definition) is 1. The number of hydrogen-bond acceptors (Lipinski definition) is 3. The van der Waals surface area contributed by atoms with E-state index in [0.717, 1.165) is 24.6 Å². The molecular formula is C19H27N3O. The Morgan fingerprint density at radius 2 is 2.30 bits per heavy atom. The van der Waals surface area contributed by atoms with E-state index in [1.807, 2.05) is 6.07 Å². The van der Waals surface area contributed by atoms with Crippen LogP contribution >= 0.6 is 0 Å². The maximum Gasteiger partial charge on any atom is 0.119 e. The summed E-state index contributed by atoms with van der Waals surface area (Å²) in [6.07, 6.45) is 6.83. The van der Waals surface area contributed by atoms with Gasteiger partial charge in [-0.2, -0.15) is 0 Å². The van der Waals surface area contributed by atoms with Crippen LogP contribution in [0.2, 0.25) is 0 Å². The van der Waals surface area contributed by atoms with Crippen molar-refractivity contribution in [2.75, 3.05) is 20.2 Å². The van der Waals surface area contributed by atoms with Crippen LogP contribution in [0, 0.1) is 12.8 Å². The minimum Gasteiger partial charge on any atom is -0.497 e. The van der Waals surface area contributed by atoms with E-state index in [4.69, 9.17) is 4.74 Å². The van der Waals surface area contributed by atoms with Crippen LogP contribution in [-0.2, 0) is 13.0 Å². The Hall–Kier alpha value is -1.81. The van der Waals surface area contributed by atoms with Gasteiger partial charge in [0.1, 0.15) is 5.75 Å². The van der Waals surface area contributed by atoms with Gasteiger partial charge < -0.3 is 9.72 Å². The molecule has 1 aliphatic heterocycles. The fraction of sp³-hybridized carbons (Fsp3) is 0.526. The summed E-state index contributed by atoms with van der Waals surface area (Å²) in [7, 11) is 1.73. The van der Waals surface area contributed by atoms with Crippen molar-refractivity contribution in [3.8, 4) is 5.75 Å². The molecule has 1 atom stereocenters. The van der Waals surface area contributed by atoms with Crippen molar-refractivity contribution in [2.45, 2.75) is 39.2 Å². The standard InChI is InChI=1S/C19H27N3O/c1-15-19(21-14-20-15)13-22-10-4-6-17(12-22)9-8-16-5-3-7-18(11-16)23-2/h3,5,7,11,14,17H,4,6,8-10,12-13H2,1-2H3,(H,20,21). The summed E-state index contributed by atoms with van der Waals surface area (Å²) in [5, 5.41) is 0. The van der Waals surface area contributed by atoms with Crippen molar-refractivity contribution in [3.05, 3.63) is 47.5 Å². The number of likely N-dealkylation sites (tertiary alicyclic amines) is 1. The number of rotatable bonds is 6. The summed E-state index contributed by atoms with van der Waals surface area (Å²) in [6, 6.07) is 8.46. The molecule has 1 saturated heterocycles. The summed E-state index contributed by atoms with van der Waals surface area (Å²) in [5.74, 6) is 1.75. The fourth-order valence-electron chi connectivity index (χ4n) is 3.49. The number of H-pyrrole nitrogens is 1. The summed E-state index contributed by atoms with van der Waals surface area (Å²) in [6.45, 7) is 5.47. The highest BCUT2D eigenvalue weighted by atomic mass is 16.5. The lowest BCUT2D eigenvalue weighted by Crippen LogP contribution is -2.35. The SMILES string of the molecule is COc1cccc(CCC2CCCN(Cc3nc[nH]c3C)C2)c1. The minimum atomic E-state index is 0.786. The van der Waals surface area contributed by atoms with Gasteiger partial charge in [0.15, 0.2) is 0 Å². The second-order valence-corrected chi connectivity index (χ2v) is 6.61. The highest BCUT2D eigenvalue weighted by Gasteiger charge is 2.20. The van der Waals surface area contributed by atoms with Gasteiger partial charge in [-0.05, 0) is 62.8 Å². The monoisotopic (exact) mass is 313 g/mol. The molecule has 1 aromatic carbocycles. The number of aromatic nitrogens is 2. The minimum absolute atomic E-state index is 0.786. The van der Waals surface area contributed by atoms with Gasteiger partial charge >= 0.3 is 0 Å². The molecule has 1 N–H and O–H groups in total. The molecule has 1 aliphatic rings. The largest absolute Gasteiger partial charge is 0.497 e. The predicted molar refractivity (Wildman–Crippen MR) is 92.6 cm³/mol. The second-order valence-electron chi connectivity index (χ2n) is 6.61. The summed E-state index contributed by atoms with van der Waals surface area (Å²) in [5.41, 5.74) is 3.77. The average molecular weight is 313 g/mol. The molecule has 124 valence electrons. The number of nitrogens with one attached hydrogen (secondary N) is 1.